The number of anilines is 1. The number of carbonyl (C=O) groups is 1. The van der Waals surface area contributed by atoms with Gasteiger partial charge in [-0.3, -0.25) is 4.79 Å². The number of nitrogens with one attached hydrogen (secondary N) is 1. The van der Waals surface area contributed by atoms with E-state index < -0.39 is 0 Å². The second-order valence-corrected chi connectivity index (χ2v) is 4.25. The lowest BCUT2D eigenvalue weighted by Gasteiger charge is -2.04. The van der Waals surface area contributed by atoms with E-state index in [0.29, 0.717) is 10.2 Å². The highest BCUT2D eigenvalue weighted by molar-refractivity contribution is 9.10. The highest BCUT2D eigenvalue weighted by atomic mass is 79.9. The molecule has 0 radical (unpaired) electrons. The minimum atomic E-state index is -0.325. The summed E-state index contributed by atoms with van der Waals surface area (Å²) in [7, 11) is 0. The molecule has 1 aromatic rings. The van der Waals surface area contributed by atoms with E-state index in [1.807, 2.05) is 0 Å². The first-order valence-electron chi connectivity index (χ1n) is 4.43. The van der Waals surface area contributed by atoms with Crippen molar-refractivity contribution in [3.63, 3.8) is 0 Å². The van der Waals surface area contributed by atoms with Crippen molar-refractivity contribution in [3.05, 3.63) is 28.5 Å². The summed E-state index contributed by atoms with van der Waals surface area (Å²) in [5.41, 5.74) is 0.634. The molecule has 4 heteroatoms. The Hall–Kier alpha value is -0.900. The fourth-order valence-electron chi connectivity index (χ4n) is 1.16. The predicted molar refractivity (Wildman–Crippen MR) is 55.5 cm³/mol. The molecule has 0 saturated heterocycles. The quantitative estimate of drug-likeness (QED) is 0.868. The normalized spacial score (nSPS) is 15.3. The van der Waals surface area contributed by atoms with Gasteiger partial charge in [-0.1, -0.05) is 0 Å². The molecule has 1 aromatic carbocycles. The third-order valence-electron chi connectivity index (χ3n) is 2.14. The first-order valence-corrected chi connectivity index (χ1v) is 5.22. The maximum absolute atomic E-state index is 12.8. The lowest BCUT2D eigenvalue weighted by Crippen LogP contribution is -2.13. The number of carbonyl (C=O) groups excluding carboxylic acids is 1. The van der Waals surface area contributed by atoms with Gasteiger partial charge in [-0.2, -0.15) is 0 Å². The number of hydrogen-bond donors (Lipinski definition) is 1. The Bertz CT molecular complexity index is 376. The minimum Gasteiger partial charge on any atom is -0.326 e. The summed E-state index contributed by atoms with van der Waals surface area (Å²) in [6.07, 6.45) is 1.93. The highest BCUT2D eigenvalue weighted by Gasteiger charge is 2.29. The summed E-state index contributed by atoms with van der Waals surface area (Å²) in [5.74, 6) is -0.128. The van der Waals surface area contributed by atoms with Crippen LogP contribution in [0.5, 0.6) is 0 Å². The van der Waals surface area contributed by atoms with Crippen LogP contribution in [0.4, 0.5) is 10.1 Å². The molecular formula is C10H9BrFNO. The molecule has 0 heterocycles. The number of halogens is 2. The SMILES string of the molecule is O=C(Nc1ccc(F)c(Br)c1)C1CC1. The molecule has 14 heavy (non-hydrogen) atoms. The van der Waals surface area contributed by atoms with Crippen molar-refractivity contribution in [2.45, 2.75) is 12.8 Å². The van der Waals surface area contributed by atoms with Gasteiger partial charge in [0.15, 0.2) is 0 Å². The molecule has 1 N–H and O–H groups in total. The number of benzene rings is 1. The minimum absolute atomic E-state index is 0.0310. The van der Waals surface area contributed by atoms with Crippen LogP contribution in [0.3, 0.4) is 0 Å². The number of amides is 1. The van der Waals surface area contributed by atoms with E-state index in [0.717, 1.165) is 12.8 Å². The van der Waals surface area contributed by atoms with Gasteiger partial charge >= 0.3 is 0 Å². The number of rotatable bonds is 2. The van der Waals surface area contributed by atoms with Gasteiger partial charge in [-0.25, -0.2) is 4.39 Å². The van der Waals surface area contributed by atoms with Crippen LogP contribution in [0, 0.1) is 11.7 Å². The molecule has 1 aliphatic carbocycles. The van der Waals surface area contributed by atoms with Gasteiger partial charge in [0.25, 0.3) is 0 Å². The maximum Gasteiger partial charge on any atom is 0.227 e. The van der Waals surface area contributed by atoms with Crippen molar-refractivity contribution < 1.29 is 9.18 Å². The molecule has 0 aromatic heterocycles. The van der Waals surface area contributed by atoms with Gasteiger partial charge < -0.3 is 5.32 Å². The van der Waals surface area contributed by atoms with Crippen molar-refractivity contribution in [1.82, 2.24) is 0 Å². The summed E-state index contributed by atoms with van der Waals surface area (Å²) >= 11 is 3.06. The standard InChI is InChI=1S/C10H9BrFNO/c11-8-5-7(3-4-9(8)12)13-10(14)6-1-2-6/h3-6H,1-2H2,(H,13,14). The first-order chi connectivity index (χ1) is 6.66. The average Bonchev–Trinajstić information content (AvgIpc) is 2.94. The van der Waals surface area contributed by atoms with Crippen molar-refractivity contribution in [3.8, 4) is 0 Å². The Morgan fingerprint density at radius 3 is 2.79 bits per heavy atom. The molecule has 0 spiro atoms. The molecule has 1 amide bonds. The molecule has 2 rings (SSSR count). The molecule has 0 aliphatic heterocycles. The van der Waals surface area contributed by atoms with Gasteiger partial charge in [-0.05, 0) is 47.0 Å². The summed E-state index contributed by atoms with van der Waals surface area (Å²) in [6, 6.07) is 4.45. The third kappa shape index (κ3) is 2.12. The van der Waals surface area contributed by atoms with Crippen LogP contribution < -0.4 is 5.32 Å². The molecule has 1 fully saturated rings. The summed E-state index contributed by atoms with van der Waals surface area (Å²) in [4.78, 5) is 11.4. The van der Waals surface area contributed by atoms with Crippen molar-refractivity contribution in [2.24, 2.45) is 5.92 Å². The Morgan fingerprint density at radius 1 is 1.50 bits per heavy atom. The predicted octanol–water partition coefficient (Wildman–Crippen LogP) is 2.94. The fraction of sp³-hybridized carbons (Fsp3) is 0.300. The largest absolute Gasteiger partial charge is 0.326 e. The molecule has 2 nitrogen and oxygen atoms in total. The van der Waals surface area contributed by atoms with Crippen LogP contribution in [0.15, 0.2) is 22.7 Å². The molecule has 0 atom stereocenters. The zero-order valence-electron chi connectivity index (χ0n) is 7.39. The van der Waals surface area contributed by atoms with Crippen LogP contribution in [0.1, 0.15) is 12.8 Å². The van der Waals surface area contributed by atoms with E-state index in [1.54, 1.807) is 12.1 Å². The van der Waals surface area contributed by atoms with E-state index in [1.165, 1.54) is 6.07 Å². The van der Waals surface area contributed by atoms with Crippen LogP contribution in [-0.4, -0.2) is 5.91 Å². The van der Waals surface area contributed by atoms with Crippen molar-refractivity contribution >= 4 is 27.5 Å². The molecule has 74 valence electrons. The molecule has 1 saturated carbocycles. The lowest BCUT2D eigenvalue weighted by molar-refractivity contribution is -0.117. The van der Waals surface area contributed by atoms with Crippen LogP contribution >= 0.6 is 15.9 Å². The second-order valence-electron chi connectivity index (χ2n) is 3.39. The van der Waals surface area contributed by atoms with Gasteiger partial charge in [0.1, 0.15) is 5.82 Å². The van der Waals surface area contributed by atoms with Crippen LogP contribution in [0.25, 0.3) is 0 Å². The zero-order chi connectivity index (χ0) is 10.1. The zero-order valence-corrected chi connectivity index (χ0v) is 8.97. The molecule has 0 unspecified atom stereocenters. The molecular weight excluding hydrogens is 249 g/mol. The third-order valence-corrected chi connectivity index (χ3v) is 2.74. The summed E-state index contributed by atoms with van der Waals surface area (Å²) < 4.78 is 13.2. The maximum atomic E-state index is 12.8. The smallest absolute Gasteiger partial charge is 0.227 e. The fourth-order valence-corrected chi connectivity index (χ4v) is 1.54. The Kier molecular flexibility index (Phi) is 2.54. The topological polar surface area (TPSA) is 29.1 Å². The van der Waals surface area contributed by atoms with Gasteiger partial charge in [0.2, 0.25) is 5.91 Å². The highest BCUT2D eigenvalue weighted by Crippen LogP contribution is 2.30. The second kappa shape index (κ2) is 3.69. The van der Waals surface area contributed by atoms with Crippen LogP contribution in [0.2, 0.25) is 0 Å². The molecule has 0 bridgehead atoms. The summed E-state index contributed by atoms with van der Waals surface area (Å²) in [5, 5.41) is 2.74. The monoisotopic (exact) mass is 257 g/mol. The lowest BCUT2D eigenvalue weighted by atomic mass is 10.3. The van der Waals surface area contributed by atoms with Gasteiger partial charge in [-0.15, -0.1) is 0 Å². The van der Waals surface area contributed by atoms with Gasteiger partial charge in [0.05, 0.1) is 4.47 Å². The van der Waals surface area contributed by atoms with Crippen molar-refractivity contribution in [1.29, 1.82) is 0 Å². The number of hydrogen-bond acceptors (Lipinski definition) is 1. The van der Waals surface area contributed by atoms with Gasteiger partial charge in [0, 0.05) is 11.6 Å². The molecule has 1 aliphatic rings. The van der Waals surface area contributed by atoms with E-state index in [2.05, 4.69) is 21.2 Å². The Balaban J connectivity index is 2.08. The average molecular weight is 258 g/mol. The van der Waals surface area contributed by atoms with E-state index in [9.17, 15) is 9.18 Å². The van der Waals surface area contributed by atoms with Crippen molar-refractivity contribution in [2.75, 3.05) is 5.32 Å². The van der Waals surface area contributed by atoms with Crippen LogP contribution in [-0.2, 0) is 4.79 Å². The Morgan fingerprint density at radius 2 is 2.21 bits per heavy atom. The van der Waals surface area contributed by atoms with E-state index in [4.69, 9.17) is 0 Å². The first kappa shape index (κ1) is 9.65. The van der Waals surface area contributed by atoms with E-state index in [-0.39, 0.29) is 17.6 Å². The Labute approximate surface area is 89.6 Å². The van der Waals surface area contributed by atoms with E-state index >= 15 is 0 Å². The summed E-state index contributed by atoms with van der Waals surface area (Å²) in [6.45, 7) is 0.